The van der Waals surface area contributed by atoms with Crippen molar-refractivity contribution in [1.82, 2.24) is 14.5 Å². The lowest BCUT2D eigenvalue weighted by atomic mass is 9.99. The molecule has 0 saturated carbocycles. The first-order valence-corrected chi connectivity index (χ1v) is 8.90. The zero-order chi connectivity index (χ0) is 16.3. The molecule has 2 aromatic rings. The van der Waals surface area contributed by atoms with Gasteiger partial charge in [-0.2, -0.15) is 5.10 Å². The van der Waals surface area contributed by atoms with Crippen molar-refractivity contribution in [2.45, 2.75) is 44.6 Å². The molecule has 0 spiro atoms. The summed E-state index contributed by atoms with van der Waals surface area (Å²) in [6, 6.07) is 7.11. The average Bonchev–Trinajstić information content (AvgIpc) is 2.82. The highest BCUT2D eigenvalue weighted by Crippen LogP contribution is 2.20. The topological polar surface area (TPSA) is 64.0 Å². The summed E-state index contributed by atoms with van der Waals surface area (Å²) in [6.45, 7) is 6.36. The molecule has 1 unspecified atom stereocenters. The van der Waals surface area contributed by atoms with Crippen LogP contribution < -0.4 is 4.72 Å². The molecule has 1 heterocycles. The number of aromatic nitrogens is 2. The molecule has 1 aromatic heterocycles. The largest absolute Gasteiger partial charge is 0.275 e. The van der Waals surface area contributed by atoms with Crippen LogP contribution >= 0.6 is 0 Å². The van der Waals surface area contributed by atoms with Gasteiger partial charge in [-0.25, -0.2) is 13.1 Å². The fourth-order valence-electron chi connectivity index (χ4n) is 2.29. The molecule has 22 heavy (non-hydrogen) atoms. The summed E-state index contributed by atoms with van der Waals surface area (Å²) in [4.78, 5) is 0.293. The number of sulfonamides is 1. The number of nitrogens with one attached hydrogen (secondary N) is 1. The molecule has 0 fully saturated rings. The summed E-state index contributed by atoms with van der Waals surface area (Å²) in [6.07, 6.45) is 2.86. The fraction of sp³-hybridized carbons (Fsp3) is 0.438. The number of hydrogen-bond acceptors (Lipinski definition) is 3. The van der Waals surface area contributed by atoms with Gasteiger partial charge < -0.3 is 0 Å². The van der Waals surface area contributed by atoms with Gasteiger partial charge in [-0.05, 0) is 37.0 Å². The van der Waals surface area contributed by atoms with Crippen LogP contribution in [-0.4, -0.2) is 18.2 Å². The van der Waals surface area contributed by atoms with E-state index in [2.05, 4.69) is 23.7 Å². The summed E-state index contributed by atoms with van der Waals surface area (Å²) in [7, 11) is -1.68. The van der Waals surface area contributed by atoms with Crippen molar-refractivity contribution in [3.8, 4) is 0 Å². The quantitative estimate of drug-likeness (QED) is 0.890. The third kappa shape index (κ3) is 3.75. The summed E-state index contributed by atoms with van der Waals surface area (Å²) in [5, 5.41) is 4.21. The Balaban J connectivity index is 2.11. The normalized spacial score (nSPS) is 13.3. The molecule has 0 saturated heterocycles. The Morgan fingerprint density at radius 2 is 1.91 bits per heavy atom. The van der Waals surface area contributed by atoms with Crippen LogP contribution in [0.2, 0.25) is 0 Å². The molecule has 1 aromatic carbocycles. The van der Waals surface area contributed by atoms with Crippen LogP contribution in [0.5, 0.6) is 0 Å². The van der Waals surface area contributed by atoms with Gasteiger partial charge in [0.2, 0.25) is 10.0 Å². The highest BCUT2D eigenvalue weighted by molar-refractivity contribution is 7.89. The molecule has 1 atom stereocenters. The van der Waals surface area contributed by atoms with Crippen LogP contribution in [0.15, 0.2) is 35.4 Å². The van der Waals surface area contributed by atoms with Crippen molar-refractivity contribution < 1.29 is 8.42 Å². The standard InChI is InChI=1S/C16H23N3O2S/c1-5-12(2)14-6-8-16(9-7-14)22(20,21)17-10-15-11-19(4)18-13(15)3/h6-9,11-12,17H,5,10H2,1-4H3. The lowest BCUT2D eigenvalue weighted by Crippen LogP contribution is -2.23. The van der Waals surface area contributed by atoms with Crippen molar-refractivity contribution in [2.24, 2.45) is 7.05 Å². The van der Waals surface area contributed by atoms with Crippen molar-refractivity contribution in [3.63, 3.8) is 0 Å². The van der Waals surface area contributed by atoms with Gasteiger partial charge in [-0.15, -0.1) is 0 Å². The maximum atomic E-state index is 12.3. The van der Waals surface area contributed by atoms with E-state index >= 15 is 0 Å². The first-order valence-electron chi connectivity index (χ1n) is 7.42. The predicted molar refractivity (Wildman–Crippen MR) is 87.1 cm³/mol. The van der Waals surface area contributed by atoms with Gasteiger partial charge in [0.15, 0.2) is 0 Å². The zero-order valence-electron chi connectivity index (χ0n) is 13.5. The van der Waals surface area contributed by atoms with E-state index in [1.54, 1.807) is 16.8 Å². The fourth-order valence-corrected chi connectivity index (χ4v) is 3.30. The Morgan fingerprint density at radius 1 is 1.27 bits per heavy atom. The number of nitrogens with zero attached hydrogens (tertiary/aromatic N) is 2. The van der Waals surface area contributed by atoms with E-state index in [1.807, 2.05) is 32.3 Å². The van der Waals surface area contributed by atoms with Crippen LogP contribution in [0.25, 0.3) is 0 Å². The molecule has 0 aliphatic rings. The molecule has 0 aliphatic heterocycles. The monoisotopic (exact) mass is 321 g/mol. The van der Waals surface area contributed by atoms with Gasteiger partial charge in [0, 0.05) is 25.4 Å². The van der Waals surface area contributed by atoms with Crippen molar-refractivity contribution in [2.75, 3.05) is 0 Å². The minimum atomic E-state index is -3.50. The van der Waals surface area contributed by atoms with Gasteiger partial charge in [0.25, 0.3) is 0 Å². The minimum absolute atomic E-state index is 0.245. The Hall–Kier alpha value is -1.66. The molecule has 2 rings (SSSR count). The second-order valence-corrected chi connectivity index (χ2v) is 7.38. The zero-order valence-corrected chi connectivity index (χ0v) is 14.3. The maximum absolute atomic E-state index is 12.3. The third-order valence-electron chi connectivity index (χ3n) is 3.94. The molecule has 0 radical (unpaired) electrons. The van der Waals surface area contributed by atoms with Crippen molar-refractivity contribution in [1.29, 1.82) is 0 Å². The first kappa shape index (κ1) is 16.7. The average molecular weight is 321 g/mol. The number of benzene rings is 1. The van der Waals surface area contributed by atoms with E-state index < -0.39 is 10.0 Å². The number of aryl methyl sites for hydroxylation is 2. The molecule has 120 valence electrons. The molecular weight excluding hydrogens is 298 g/mol. The lowest BCUT2D eigenvalue weighted by Gasteiger charge is -2.10. The highest BCUT2D eigenvalue weighted by Gasteiger charge is 2.15. The molecule has 0 amide bonds. The van der Waals surface area contributed by atoms with Gasteiger partial charge >= 0.3 is 0 Å². The minimum Gasteiger partial charge on any atom is -0.275 e. The highest BCUT2D eigenvalue weighted by atomic mass is 32.2. The van der Waals surface area contributed by atoms with E-state index in [0.717, 1.165) is 23.2 Å². The number of hydrogen-bond donors (Lipinski definition) is 1. The summed E-state index contributed by atoms with van der Waals surface area (Å²) in [5.41, 5.74) is 2.86. The second kappa shape index (κ2) is 6.62. The van der Waals surface area contributed by atoms with Crippen molar-refractivity contribution >= 4 is 10.0 Å². The predicted octanol–water partition coefficient (Wildman–Crippen LogP) is 2.72. The Kier molecular flexibility index (Phi) is 5.03. The molecule has 6 heteroatoms. The number of rotatable bonds is 6. The van der Waals surface area contributed by atoms with Gasteiger partial charge in [0.05, 0.1) is 10.6 Å². The summed E-state index contributed by atoms with van der Waals surface area (Å²) < 4.78 is 29.0. The van der Waals surface area contributed by atoms with Crippen LogP contribution in [-0.2, 0) is 23.6 Å². The van der Waals surface area contributed by atoms with Gasteiger partial charge in [0.1, 0.15) is 0 Å². The molecule has 0 bridgehead atoms. The Labute approximate surface area is 132 Å². The first-order chi connectivity index (χ1) is 10.3. The summed E-state index contributed by atoms with van der Waals surface area (Å²) >= 11 is 0. The second-order valence-electron chi connectivity index (χ2n) is 5.62. The Bertz CT molecular complexity index is 733. The van der Waals surface area contributed by atoms with Crippen LogP contribution in [0.1, 0.15) is 43.0 Å². The molecular formula is C16H23N3O2S. The molecule has 1 N–H and O–H groups in total. The van der Waals surface area contributed by atoms with Gasteiger partial charge in [-0.3, -0.25) is 4.68 Å². The molecule has 0 aliphatic carbocycles. The smallest absolute Gasteiger partial charge is 0.240 e. The van der Waals surface area contributed by atoms with Crippen LogP contribution in [0, 0.1) is 6.92 Å². The summed E-state index contributed by atoms with van der Waals surface area (Å²) in [5.74, 6) is 0.433. The van der Waals surface area contributed by atoms with E-state index in [-0.39, 0.29) is 6.54 Å². The van der Waals surface area contributed by atoms with Gasteiger partial charge in [-0.1, -0.05) is 26.0 Å². The van der Waals surface area contributed by atoms with Crippen LogP contribution in [0.4, 0.5) is 0 Å². The van der Waals surface area contributed by atoms with E-state index in [0.29, 0.717) is 10.8 Å². The Morgan fingerprint density at radius 3 is 2.41 bits per heavy atom. The van der Waals surface area contributed by atoms with Crippen molar-refractivity contribution in [3.05, 3.63) is 47.3 Å². The maximum Gasteiger partial charge on any atom is 0.240 e. The van der Waals surface area contributed by atoms with Crippen LogP contribution in [0.3, 0.4) is 0 Å². The van der Waals surface area contributed by atoms with E-state index in [9.17, 15) is 8.42 Å². The lowest BCUT2D eigenvalue weighted by molar-refractivity contribution is 0.581. The van der Waals surface area contributed by atoms with E-state index in [1.165, 1.54) is 0 Å². The SMILES string of the molecule is CCC(C)c1ccc(S(=O)(=O)NCc2cn(C)nc2C)cc1. The molecule has 5 nitrogen and oxygen atoms in total. The third-order valence-corrected chi connectivity index (χ3v) is 5.36. The van der Waals surface area contributed by atoms with E-state index in [4.69, 9.17) is 0 Å².